The lowest BCUT2D eigenvalue weighted by molar-refractivity contribution is -0.139. The number of unbranched alkanes of at least 4 members (excludes halogenated alkanes) is 5. The summed E-state index contributed by atoms with van der Waals surface area (Å²) in [6, 6.07) is 8.49. The number of aromatic nitrogens is 3. The minimum Gasteiger partial charge on any atom is -0.493 e. The van der Waals surface area contributed by atoms with Crippen LogP contribution >= 0.6 is 0 Å². The van der Waals surface area contributed by atoms with Crippen LogP contribution in [-0.4, -0.2) is 61.0 Å². The molecule has 0 fully saturated rings. The Kier molecular flexibility index (Phi) is 11.1. The number of methoxy groups -OCH3 is 2. The van der Waals surface area contributed by atoms with Gasteiger partial charge >= 0.3 is 11.9 Å². The molecule has 0 spiro atoms. The smallest absolute Gasteiger partial charge is 0.338 e. The van der Waals surface area contributed by atoms with E-state index in [1.807, 2.05) is 0 Å². The van der Waals surface area contributed by atoms with Crippen LogP contribution in [0.25, 0.3) is 16.7 Å². The number of nitrogens with zero attached hydrogens (tertiary/aromatic N) is 3. The molecule has 1 aromatic heterocycles. The van der Waals surface area contributed by atoms with Crippen LogP contribution in [0.5, 0.6) is 17.2 Å². The molecule has 39 heavy (non-hydrogen) atoms. The molecule has 3 aromatic rings. The monoisotopic (exact) mass is 539 g/mol. The topological polar surface area (TPSA) is 111 Å². The molecule has 10 nitrogen and oxygen atoms in total. The molecule has 0 radical (unpaired) electrons. The summed E-state index contributed by atoms with van der Waals surface area (Å²) in [6.45, 7) is 7.84. The molecule has 1 heterocycles. The van der Waals surface area contributed by atoms with Crippen LogP contribution in [0.15, 0.2) is 42.5 Å². The number of esters is 2. The Hall–Kier alpha value is -4.08. The highest BCUT2D eigenvalue weighted by Gasteiger charge is 2.18. The van der Waals surface area contributed by atoms with Crippen molar-refractivity contribution >= 4 is 23.0 Å². The third-order valence-electron chi connectivity index (χ3n) is 5.93. The van der Waals surface area contributed by atoms with Gasteiger partial charge in [-0.3, -0.25) is 0 Å². The summed E-state index contributed by atoms with van der Waals surface area (Å²) < 4.78 is 27.3. The van der Waals surface area contributed by atoms with E-state index in [0.717, 1.165) is 19.3 Å². The van der Waals surface area contributed by atoms with Crippen LogP contribution in [0, 0.1) is 0 Å². The number of benzene rings is 2. The maximum absolute atomic E-state index is 12.5. The Balaban J connectivity index is 1.69. The predicted molar refractivity (Wildman–Crippen MR) is 147 cm³/mol. The molecule has 0 aliphatic carbocycles. The molecule has 0 aliphatic heterocycles. The summed E-state index contributed by atoms with van der Waals surface area (Å²) in [7, 11) is 3.01. The largest absolute Gasteiger partial charge is 0.493 e. The summed E-state index contributed by atoms with van der Waals surface area (Å²) in [4.78, 5) is 25.5. The molecule has 210 valence electrons. The van der Waals surface area contributed by atoms with Crippen LogP contribution in [0.1, 0.15) is 62.7 Å². The third-order valence-corrected chi connectivity index (χ3v) is 5.93. The highest BCUT2D eigenvalue weighted by atomic mass is 16.6. The average molecular weight is 540 g/mol. The Morgan fingerprint density at radius 1 is 0.846 bits per heavy atom. The van der Waals surface area contributed by atoms with Crippen molar-refractivity contribution in [2.45, 2.75) is 52.4 Å². The first-order valence-corrected chi connectivity index (χ1v) is 13.1. The minimum atomic E-state index is -0.487. The van der Waals surface area contributed by atoms with Gasteiger partial charge < -0.3 is 23.7 Å². The Bertz CT molecular complexity index is 1260. The van der Waals surface area contributed by atoms with E-state index in [1.54, 1.807) is 37.3 Å². The maximum Gasteiger partial charge on any atom is 0.338 e. The highest BCUT2D eigenvalue weighted by molar-refractivity contribution is 5.93. The van der Waals surface area contributed by atoms with E-state index in [4.69, 9.17) is 23.7 Å². The second-order valence-electron chi connectivity index (χ2n) is 9.04. The molecule has 0 bridgehead atoms. The van der Waals surface area contributed by atoms with E-state index in [2.05, 4.69) is 23.7 Å². The zero-order chi connectivity index (χ0) is 28.2. The number of hydrogen-bond acceptors (Lipinski definition) is 9. The molecule has 10 heteroatoms. The van der Waals surface area contributed by atoms with Crippen molar-refractivity contribution in [1.29, 1.82) is 0 Å². The summed E-state index contributed by atoms with van der Waals surface area (Å²) in [5.41, 5.74) is 2.45. The average Bonchev–Trinajstić information content (AvgIpc) is 3.37. The summed E-state index contributed by atoms with van der Waals surface area (Å²) in [5.74, 6) is 0.256. The second-order valence-corrected chi connectivity index (χ2v) is 9.04. The second kappa shape index (κ2) is 14.8. The summed E-state index contributed by atoms with van der Waals surface area (Å²) in [6.07, 6.45) is 6.74. The van der Waals surface area contributed by atoms with E-state index >= 15 is 0 Å². The Morgan fingerprint density at radius 3 is 2.18 bits per heavy atom. The zero-order valence-electron chi connectivity index (χ0n) is 23.2. The van der Waals surface area contributed by atoms with Gasteiger partial charge in [-0.05, 0) is 31.5 Å². The van der Waals surface area contributed by atoms with E-state index in [9.17, 15) is 9.59 Å². The van der Waals surface area contributed by atoms with Gasteiger partial charge in [0.05, 0.1) is 32.1 Å². The number of carbonyl (C=O) groups is 2. The molecule has 3 rings (SSSR count). The van der Waals surface area contributed by atoms with Crippen LogP contribution < -0.4 is 14.2 Å². The molecule has 0 aliphatic rings. The third kappa shape index (κ3) is 8.20. The molecular weight excluding hydrogens is 502 g/mol. The number of carbonyl (C=O) groups excluding carboxylic acids is 2. The number of rotatable bonds is 16. The fourth-order valence-corrected chi connectivity index (χ4v) is 3.81. The number of ether oxygens (including phenoxy) is 5. The molecular formula is C29H37N3O7. The first-order valence-electron chi connectivity index (χ1n) is 13.1. The SMILES string of the molecule is C=C(C)C(=O)OCCOc1c(OC)cc(-n2nc3ccc(C(=O)OCCCCCCCC)cc3n2)cc1OC. The Morgan fingerprint density at radius 2 is 1.51 bits per heavy atom. The molecule has 0 saturated carbocycles. The van der Waals surface area contributed by atoms with Crippen LogP contribution in [0.3, 0.4) is 0 Å². The van der Waals surface area contributed by atoms with Gasteiger partial charge in [-0.15, -0.1) is 10.2 Å². The van der Waals surface area contributed by atoms with Crippen LogP contribution in [0.4, 0.5) is 0 Å². The fourth-order valence-electron chi connectivity index (χ4n) is 3.81. The fraction of sp³-hybridized carbons (Fsp3) is 0.448. The van der Waals surface area contributed by atoms with Gasteiger partial charge in [-0.2, -0.15) is 4.80 Å². The first kappa shape index (κ1) is 29.5. The molecule has 0 atom stereocenters. The van der Waals surface area contributed by atoms with E-state index in [-0.39, 0.29) is 19.2 Å². The zero-order valence-corrected chi connectivity index (χ0v) is 23.2. The molecule has 0 N–H and O–H groups in total. The molecule has 2 aromatic carbocycles. The molecule has 0 saturated heterocycles. The van der Waals surface area contributed by atoms with Gasteiger partial charge in [0.25, 0.3) is 0 Å². The lowest BCUT2D eigenvalue weighted by Gasteiger charge is -2.16. The van der Waals surface area contributed by atoms with Crippen molar-refractivity contribution in [2.75, 3.05) is 34.0 Å². The van der Waals surface area contributed by atoms with Crippen LogP contribution in [-0.2, 0) is 14.3 Å². The lowest BCUT2D eigenvalue weighted by Crippen LogP contribution is -2.13. The quantitative estimate of drug-likeness (QED) is 0.133. The van der Waals surface area contributed by atoms with Crippen molar-refractivity contribution in [3.8, 4) is 22.9 Å². The lowest BCUT2D eigenvalue weighted by atomic mass is 10.1. The number of fused-ring (bicyclic) bond motifs is 1. The van der Waals surface area contributed by atoms with E-state index in [1.165, 1.54) is 38.3 Å². The van der Waals surface area contributed by atoms with Gasteiger partial charge in [0.1, 0.15) is 24.2 Å². The van der Waals surface area contributed by atoms with Crippen LogP contribution in [0.2, 0.25) is 0 Å². The van der Waals surface area contributed by atoms with Crippen molar-refractivity contribution in [3.63, 3.8) is 0 Å². The van der Waals surface area contributed by atoms with E-state index < -0.39 is 5.97 Å². The normalized spacial score (nSPS) is 10.8. The standard InChI is InChI=1S/C29H37N3O7/c1-6-7-8-9-10-11-14-38-29(34)21-12-13-23-24(17-21)31-32(30-23)22-18-25(35-4)27(26(19-22)36-5)37-15-16-39-28(33)20(2)3/h12-13,17-19H,2,6-11,14-16H2,1,3-5H3. The van der Waals surface area contributed by atoms with Crippen molar-refractivity contribution < 1.29 is 33.3 Å². The maximum atomic E-state index is 12.5. The predicted octanol–water partition coefficient (Wildman–Crippen LogP) is 5.45. The molecule has 0 amide bonds. The van der Waals surface area contributed by atoms with Crippen molar-refractivity contribution in [2.24, 2.45) is 0 Å². The van der Waals surface area contributed by atoms with Gasteiger partial charge in [0.2, 0.25) is 5.75 Å². The first-order chi connectivity index (χ1) is 18.9. The van der Waals surface area contributed by atoms with Crippen molar-refractivity contribution in [3.05, 3.63) is 48.0 Å². The van der Waals surface area contributed by atoms with Gasteiger partial charge in [-0.25, -0.2) is 9.59 Å². The van der Waals surface area contributed by atoms with Gasteiger partial charge in [0.15, 0.2) is 11.5 Å². The summed E-state index contributed by atoms with van der Waals surface area (Å²) in [5, 5.41) is 9.06. The summed E-state index contributed by atoms with van der Waals surface area (Å²) >= 11 is 0. The Labute approximate surface area is 228 Å². The van der Waals surface area contributed by atoms with Gasteiger partial charge in [0, 0.05) is 17.7 Å². The van der Waals surface area contributed by atoms with E-state index in [0.29, 0.717) is 51.7 Å². The number of hydrogen-bond donors (Lipinski definition) is 0. The van der Waals surface area contributed by atoms with Gasteiger partial charge in [-0.1, -0.05) is 45.6 Å². The van der Waals surface area contributed by atoms with Crippen molar-refractivity contribution in [1.82, 2.24) is 15.0 Å². The molecule has 0 unspecified atom stereocenters. The highest BCUT2D eigenvalue weighted by Crippen LogP contribution is 2.39. The minimum absolute atomic E-state index is 0.0373.